The summed E-state index contributed by atoms with van der Waals surface area (Å²) in [6.45, 7) is 4.53. The molecule has 6 heteroatoms. The molecule has 1 heterocycles. The van der Waals surface area contributed by atoms with Crippen LogP contribution in [0.1, 0.15) is 43.1 Å². The average molecular weight is 389 g/mol. The Kier molecular flexibility index (Phi) is 6.24. The molecular formula is C23H23N3O3. The molecule has 0 bridgehead atoms. The van der Waals surface area contributed by atoms with Crippen molar-refractivity contribution in [2.75, 3.05) is 0 Å². The first-order valence-corrected chi connectivity index (χ1v) is 9.33. The highest BCUT2D eigenvalue weighted by atomic mass is 16.2. The molecule has 3 N–H and O–H groups in total. The number of H-pyrrole nitrogens is 1. The van der Waals surface area contributed by atoms with Crippen LogP contribution in [-0.2, 0) is 13.1 Å². The molecule has 0 aliphatic carbocycles. The minimum absolute atomic E-state index is 0.198. The lowest BCUT2D eigenvalue weighted by atomic mass is 10.1. The summed E-state index contributed by atoms with van der Waals surface area (Å²) in [5, 5.41) is 5.65. The third-order valence-corrected chi connectivity index (χ3v) is 4.61. The third kappa shape index (κ3) is 5.42. The fourth-order valence-corrected chi connectivity index (χ4v) is 2.92. The fraction of sp³-hybridized carbons (Fsp3) is 0.174. The molecule has 2 amide bonds. The van der Waals surface area contributed by atoms with Crippen LogP contribution in [-0.4, -0.2) is 16.8 Å². The van der Waals surface area contributed by atoms with Gasteiger partial charge in [-0.15, -0.1) is 0 Å². The lowest BCUT2D eigenvalue weighted by molar-refractivity contribution is 0.0939. The molecule has 3 aromatic rings. The van der Waals surface area contributed by atoms with Crippen LogP contribution >= 0.6 is 0 Å². The number of amides is 2. The maximum atomic E-state index is 12.3. The van der Waals surface area contributed by atoms with E-state index in [0.29, 0.717) is 23.4 Å². The van der Waals surface area contributed by atoms with E-state index in [2.05, 4.69) is 15.6 Å². The second-order valence-electron chi connectivity index (χ2n) is 6.92. The number of benzene rings is 2. The number of hydrogen-bond donors (Lipinski definition) is 3. The van der Waals surface area contributed by atoms with Gasteiger partial charge >= 0.3 is 0 Å². The normalized spacial score (nSPS) is 10.4. The van der Waals surface area contributed by atoms with Gasteiger partial charge in [-0.3, -0.25) is 14.4 Å². The number of hydrogen-bond acceptors (Lipinski definition) is 3. The van der Waals surface area contributed by atoms with Gasteiger partial charge in [0.15, 0.2) is 0 Å². The van der Waals surface area contributed by atoms with Gasteiger partial charge in [0.2, 0.25) is 5.56 Å². The molecule has 0 saturated heterocycles. The molecule has 0 spiro atoms. The zero-order valence-corrected chi connectivity index (χ0v) is 16.4. The van der Waals surface area contributed by atoms with E-state index in [-0.39, 0.29) is 23.9 Å². The largest absolute Gasteiger partial charge is 0.348 e. The van der Waals surface area contributed by atoms with Crippen molar-refractivity contribution in [3.63, 3.8) is 0 Å². The van der Waals surface area contributed by atoms with Crippen molar-refractivity contribution in [2.45, 2.75) is 26.9 Å². The first-order chi connectivity index (χ1) is 13.9. The number of nitrogens with one attached hydrogen (secondary N) is 3. The monoisotopic (exact) mass is 389 g/mol. The Hall–Kier alpha value is -3.67. The van der Waals surface area contributed by atoms with E-state index in [1.54, 1.807) is 30.3 Å². The van der Waals surface area contributed by atoms with Gasteiger partial charge in [0.05, 0.1) is 6.54 Å². The molecule has 0 aliphatic rings. The van der Waals surface area contributed by atoms with E-state index < -0.39 is 0 Å². The van der Waals surface area contributed by atoms with Gasteiger partial charge in [-0.2, -0.15) is 0 Å². The maximum absolute atomic E-state index is 12.3. The van der Waals surface area contributed by atoms with E-state index in [9.17, 15) is 14.4 Å². The number of carbonyl (C=O) groups is 2. The Morgan fingerprint density at radius 1 is 0.828 bits per heavy atom. The Morgan fingerprint density at radius 3 is 2.07 bits per heavy atom. The van der Waals surface area contributed by atoms with Crippen molar-refractivity contribution in [1.82, 2.24) is 15.6 Å². The van der Waals surface area contributed by atoms with Crippen LogP contribution in [0, 0.1) is 13.8 Å². The Bertz CT molecular complexity index is 1090. The lowest BCUT2D eigenvalue weighted by Crippen LogP contribution is -2.25. The van der Waals surface area contributed by atoms with E-state index in [1.165, 1.54) is 6.07 Å². The van der Waals surface area contributed by atoms with Crippen LogP contribution in [0.5, 0.6) is 0 Å². The Balaban J connectivity index is 1.57. The predicted molar refractivity (Wildman–Crippen MR) is 112 cm³/mol. The molecule has 3 rings (SSSR count). The molecule has 2 aromatic carbocycles. The van der Waals surface area contributed by atoms with Crippen LogP contribution in [0.3, 0.4) is 0 Å². The Labute approximate surface area is 169 Å². The van der Waals surface area contributed by atoms with Crippen molar-refractivity contribution in [1.29, 1.82) is 0 Å². The summed E-state index contributed by atoms with van der Waals surface area (Å²) in [6, 6.07) is 17.6. The number of pyridine rings is 1. The molecule has 0 saturated carbocycles. The van der Waals surface area contributed by atoms with Crippen LogP contribution < -0.4 is 16.2 Å². The van der Waals surface area contributed by atoms with Gasteiger partial charge in [0.1, 0.15) is 0 Å². The molecule has 148 valence electrons. The molecule has 29 heavy (non-hydrogen) atoms. The van der Waals surface area contributed by atoms with E-state index in [1.807, 2.05) is 38.1 Å². The number of carbonyl (C=O) groups excluding carboxylic acids is 2. The topological polar surface area (TPSA) is 91.1 Å². The molecule has 0 unspecified atom stereocenters. The minimum Gasteiger partial charge on any atom is -0.348 e. The van der Waals surface area contributed by atoms with Gasteiger partial charge < -0.3 is 15.6 Å². The summed E-state index contributed by atoms with van der Waals surface area (Å²) in [6.07, 6.45) is 0. The summed E-state index contributed by atoms with van der Waals surface area (Å²) < 4.78 is 0. The quantitative estimate of drug-likeness (QED) is 0.605. The van der Waals surface area contributed by atoms with Crippen LogP contribution in [0.2, 0.25) is 0 Å². The Morgan fingerprint density at radius 2 is 1.45 bits per heavy atom. The first kappa shape index (κ1) is 20.1. The highest BCUT2D eigenvalue weighted by Gasteiger charge is 2.10. The van der Waals surface area contributed by atoms with Gasteiger partial charge in [-0.05, 0) is 49.2 Å². The number of aromatic nitrogens is 1. The maximum Gasteiger partial charge on any atom is 0.251 e. The fourth-order valence-electron chi connectivity index (χ4n) is 2.92. The van der Waals surface area contributed by atoms with Crippen molar-refractivity contribution < 1.29 is 9.59 Å². The van der Waals surface area contributed by atoms with Gasteiger partial charge in [-0.25, -0.2) is 0 Å². The van der Waals surface area contributed by atoms with Gasteiger partial charge in [0.25, 0.3) is 11.8 Å². The average Bonchev–Trinajstić information content (AvgIpc) is 2.72. The van der Waals surface area contributed by atoms with E-state index in [0.717, 1.165) is 16.7 Å². The number of aryl methyl sites for hydroxylation is 2. The minimum atomic E-state index is -0.277. The second kappa shape index (κ2) is 9.01. The zero-order chi connectivity index (χ0) is 20.8. The van der Waals surface area contributed by atoms with E-state index >= 15 is 0 Å². The molecule has 0 fully saturated rings. The molecule has 6 nitrogen and oxygen atoms in total. The van der Waals surface area contributed by atoms with Crippen molar-refractivity contribution >= 4 is 11.8 Å². The highest BCUT2D eigenvalue weighted by Crippen LogP contribution is 2.08. The van der Waals surface area contributed by atoms with E-state index in [4.69, 9.17) is 0 Å². The SMILES string of the molecule is Cc1cccc(CNC(=O)c2ccc(C(=O)NCc3[nH]c(=O)ccc3C)cc2)c1. The van der Waals surface area contributed by atoms with Crippen molar-refractivity contribution in [3.8, 4) is 0 Å². The number of aromatic amines is 1. The first-order valence-electron chi connectivity index (χ1n) is 9.33. The van der Waals surface area contributed by atoms with Crippen LogP contribution in [0.4, 0.5) is 0 Å². The standard InChI is InChI=1S/C23H23N3O3/c1-15-4-3-5-17(12-15)13-24-22(28)18-7-9-19(10-8-18)23(29)25-14-20-16(2)6-11-21(27)26-20/h3-12H,13-14H2,1-2H3,(H,24,28)(H,25,29)(H,26,27). The summed E-state index contributed by atoms with van der Waals surface area (Å²) in [5.74, 6) is -0.475. The van der Waals surface area contributed by atoms with Crippen LogP contribution in [0.15, 0.2) is 65.5 Å². The summed E-state index contributed by atoms with van der Waals surface area (Å²) in [4.78, 5) is 38.8. The smallest absolute Gasteiger partial charge is 0.251 e. The molecule has 0 atom stereocenters. The van der Waals surface area contributed by atoms with Gasteiger partial charge in [0, 0.05) is 29.4 Å². The molecule has 1 aromatic heterocycles. The summed E-state index contributed by atoms with van der Waals surface area (Å²) in [7, 11) is 0. The predicted octanol–water partition coefficient (Wildman–Crippen LogP) is 2.85. The van der Waals surface area contributed by atoms with Crippen molar-refractivity contribution in [3.05, 3.63) is 105 Å². The second-order valence-corrected chi connectivity index (χ2v) is 6.92. The van der Waals surface area contributed by atoms with Crippen LogP contribution in [0.25, 0.3) is 0 Å². The van der Waals surface area contributed by atoms with Crippen molar-refractivity contribution in [2.24, 2.45) is 0 Å². The summed E-state index contributed by atoms with van der Waals surface area (Å²) in [5.41, 5.74) is 4.45. The highest BCUT2D eigenvalue weighted by molar-refractivity contribution is 5.97. The summed E-state index contributed by atoms with van der Waals surface area (Å²) >= 11 is 0. The molecule has 0 radical (unpaired) electrons. The zero-order valence-electron chi connectivity index (χ0n) is 16.4. The third-order valence-electron chi connectivity index (χ3n) is 4.61. The van der Waals surface area contributed by atoms with Gasteiger partial charge in [-0.1, -0.05) is 35.9 Å². The number of rotatable bonds is 6. The molecule has 0 aliphatic heterocycles. The lowest BCUT2D eigenvalue weighted by Gasteiger charge is -2.09. The molecular weight excluding hydrogens is 366 g/mol.